The summed E-state index contributed by atoms with van der Waals surface area (Å²) in [5.74, 6) is 0.784. The lowest BCUT2D eigenvalue weighted by molar-refractivity contribution is -0.130. The Kier molecular flexibility index (Phi) is 5.77. The number of likely N-dealkylation sites (tertiary alicyclic amines) is 1. The van der Waals surface area contributed by atoms with E-state index in [0.717, 1.165) is 49.3 Å². The molecule has 0 spiro atoms. The third-order valence-corrected chi connectivity index (χ3v) is 5.62. The van der Waals surface area contributed by atoms with Crippen molar-refractivity contribution in [2.45, 2.75) is 46.1 Å². The predicted molar refractivity (Wildman–Crippen MR) is 102 cm³/mol. The molecule has 0 radical (unpaired) electrons. The Balaban J connectivity index is 1.50. The van der Waals surface area contributed by atoms with Crippen molar-refractivity contribution < 1.29 is 9.90 Å². The number of aliphatic hydroxyl groups is 1. The van der Waals surface area contributed by atoms with Crippen LogP contribution in [0, 0.1) is 19.8 Å². The van der Waals surface area contributed by atoms with Gasteiger partial charge in [0.15, 0.2) is 0 Å². The first-order chi connectivity index (χ1) is 12.5. The highest BCUT2D eigenvalue weighted by atomic mass is 16.3. The van der Waals surface area contributed by atoms with Gasteiger partial charge in [-0.15, -0.1) is 0 Å². The van der Waals surface area contributed by atoms with Crippen LogP contribution in [0.4, 0.5) is 0 Å². The van der Waals surface area contributed by atoms with Gasteiger partial charge in [-0.1, -0.05) is 24.3 Å². The first kappa shape index (κ1) is 18.6. The van der Waals surface area contributed by atoms with Gasteiger partial charge >= 0.3 is 0 Å². The van der Waals surface area contributed by atoms with Crippen LogP contribution in [-0.4, -0.2) is 38.8 Å². The maximum absolute atomic E-state index is 12.6. The Labute approximate surface area is 155 Å². The van der Waals surface area contributed by atoms with Gasteiger partial charge in [0, 0.05) is 32.3 Å². The van der Waals surface area contributed by atoms with Gasteiger partial charge in [0.1, 0.15) is 0 Å². The average Bonchev–Trinajstić information content (AvgIpc) is 3.19. The van der Waals surface area contributed by atoms with Crippen LogP contribution in [0.1, 0.15) is 40.9 Å². The molecular weight excluding hydrogens is 326 g/mol. The van der Waals surface area contributed by atoms with E-state index in [1.165, 1.54) is 11.1 Å². The molecule has 1 fully saturated rings. The molecule has 5 heteroatoms. The number of amides is 1. The Morgan fingerprint density at radius 1 is 1.23 bits per heavy atom. The van der Waals surface area contributed by atoms with Crippen LogP contribution in [0.15, 0.2) is 24.3 Å². The molecule has 1 saturated heterocycles. The highest BCUT2D eigenvalue weighted by Crippen LogP contribution is 2.23. The van der Waals surface area contributed by atoms with Crippen LogP contribution in [-0.2, 0) is 31.3 Å². The lowest BCUT2D eigenvalue weighted by Crippen LogP contribution is -2.29. The number of carbonyl (C=O) groups is 1. The molecule has 2 heterocycles. The maximum atomic E-state index is 12.6. The molecule has 1 aliphatic rings. The first-order valence-corrected chi connectivity index (χ1v) is 9.43. The molecule has 5 nitrogen and oxygen atoms in total. The average molecular weight is 355 g/mol. The number of aryl methyl sites for hydroxylation is 2. The second-order valence-electron chi connectivity index (χ2n) is 7.45. The van der Waals surface area contributed by atoms with Crippen LogP contribution in [0.25, 0.3) is 0 Å². The number of carbonyl (C=O) groups excluding carboxylic acids is 1. The zero-order chi connectivity index (χ0) is 18.7. The molecule has 1 aromatic carbocycles. The fourth-order valence-electron chi connectivity index (χ4n) is 3.91. The van der Waals surface area contributed by atoms with Gasteiger partial charge in [0.2, 0.25) is 5.91 Å². The summed E-state index contributed by atoms with van der Waals surface area (Å²) < 4.78 is 1.89. The fourth-order valence-corrected chi connectivity index (χ4v) is 3.91. The number of nitrogens with zero attached hydrogens (tertiary/aromatic N) is 3. The van der Waals surface area contributed by atoms with Gasteiger partial charge in [-0.3, -0.25) is 9.48 Å². The van der Waals surface area contributed by atoms with Crippen molar-refractivity contribution in [3.05, 3.63) is 52.3 Å². The third-order valence-electron chi connectivity index (χ3n) is 5.62. The minimum absolute atomic E-state index is 0.0852. The Morgan fingerprint density at radius 3 is 2.54 bits per heavy atom. The summed E-state index contributed by atoms with van der Waals surface area (Å²) in [6, 6.07) is 8.13. The molecule has 1 aromatic heterocycles. The topological polar surface area (TPSA) is 58.4 Å². The van der Waals surface area contributed by atoms with Crippen molar-refractivity contribution in [3.63, 3.8) is 0 Å². The largest absolute Gasteiger partial charge is 0.392 e. The highest BCUT2D eigenvalue weighted by Gasteiger charge is 2.26. The lowest BCUT2D eigenvalue weighted by Gasteiger charge is -2.17. The summed E-state index contributed by atoms with van der Waals surface area (Å²) in [5, 5.41) is 13.6. The summed E-state index contributed by atoms with van der Waals surface area (Å²) in [4.78, 5) is 14.6. The fraction of sp³-hybridized carbons (Fsp3) is 0.524. The first-order valence-electron chi connectivity index (χ1n) is 9.43. The van der Waals surface area contributed by atoms with Gasteiger partial charge in [-0.2, -0.15) is 5.10 Å². The minimum Gasteiger partial charge on any atom is -0.392 e. The SMILES string of the molecule is Cc1nn(C)c(C)c1CCC(=O)N1CC[C@H](Cc2ccc(CO)cc2)C1. The molecule has 1 aliphatic heterocycles. The van der Waals surface area contributed by atoms with Crippen LogP contribution in [0.3, 0.4) is 0 Å². The second-order valence-corrected chi connectivity index (χ2v) is 7.45. The standard InChI is InChI=1S/C21H29N3O2/c1-15-20(16(2)23(3)22-15)8-9-21(26)24-11-10-19(13-24)12-17-4-6-18(14-25)7-5-17/h4-7,19,25H,8-14H2,1-3H3/t19-/m1/s1. The highest BCUT2D eigenvalue weighted by molar-refractivity contribution is 5.76. The van der Waals surface area contributed by atoms with Gasteiger partial charge < -0.3 is 10.0 Å². The molecule has 1 N–H and O–H groups in total. The molecule has 3 rings (SSSR count). The van der Waals surface area contributed by atoms with Crippen LogP contribution in [0.2, 0.25) is 0 Å². The number of hydrogen-bond acceptors (Lipinski definition) is 3. The van der Waals surface area contributed by atoms with E-state index in [-0.39, 0.29) is 12.5 Å². The molecule has 2 aromatic rings. The number of hydrogen-bond donors (Lipinski definition) is 1. The Morgan fingerprint density at radius 2 is 1.92 bits per heavy atom. The molecule has 140 valence electrons. The van der Waals surface area contributed by atoms with E-state index >= 15 is 0 Å². The van der Waals surface area contributed by atoms with Crippen LogP contribution < -0.4 is 0 Å². The van der Waals surface area contributed by atoms with E-state index in [1.54, 1.807) is 0 Å². The number of aliphatic hydroxyl groups excluding tert-OH is 1. The Bertz CT molecular complexity index is 764. The summed E-state index contributed by atoms with van der Waals surface area (Å²) in [7, 11) is 1.95. The van der Waals surface area contributed by atoms with Gasteiger partial charge in [-0.25, -0.2) is 0 Å². The van der Waals surface area contributed by atoms with E-state index in [9.17, 15) is 4.79 Å². The lowest BCUT2D eigenvalue weighted by atomic mass is 9.98. The quantitative estimate of drug-likeness (QED) is 0.866. The van der Waals surface area contributed by atoms with Crippen LogP contribution >= 0.6 is 0 Å². The summed E-state index contributed by atoms with van der Waals surface area (Å²) >= 11 is 0. The normalized spacial score (nSPS) is 17.1. The third kappa shape index (κ3) is 4.15. The van der Waals surface area contributed by atoms with E-state index in [4.69, 9.17) is 5.11 Å². The summed E-state index contributed by atoms with van der Waals surface area (Å²) in [6.45, 7) is 5.88. The molecule has 0 saturated carbocycles. The second kappa shape index (κ2) is 8.04. The molecular formula is C21H29N3O2. The van der Waals surface area contributed by atoms with E-state index in [2.05, 4.69) is 24.2 Å². The Hall–Kier alpha value is -2.14. The molecule has 26 heavy (non-hydrogen) atoms. The van der Waals surface area contributed by atoms with Crippen LogP contribution in [0.5, 0.6) is 0 Å². The number of aromatic nitrogens is 2. The number of benzene rings is 1. The summed E-state index contributed by atoms with van der Waals surface area (Å²) in [6.07, 6.45) is 3.40. The van der Waals surface area contributed by atoms with Gasteiger partial charge in [-0.05, 0) is 55.7 Å². The monoisotopic (exact) mass is 355 g/mol. The van der Waals surface area contributed by atoms with Crippen molar-refractivity contribution in [1.29, 1.82) is 0 Å². The van der Waals surface area contributed by atoms with E-state index < -0.39 is 0 Å². The number of rotatable bonds is 6. The van der Waals surface area contributed by atoms with E-state index in [1.807, 2.05) is 35.7 Å². The molecule has 1 atom stereocenters. The molecule has 0 aliphatic carbocycles. The molecule has 0 unspecified atom stereocenters. The predicted octanol–water partition coefficient (Wildman–Crippen LogP) is 2.55. The van der Waals surface area contributed by atoms with Crippen molar-refractivity contribution in [1.82, 2.24) is 14.7 Å². The minimum atomic E-state index is 0.0852. The smallest absolute Gasteiger partial charge is 0.222 e. The van der Waals surface area contributed by atoms with Crippen molar-refractivity contribution in [3.8, 4) is 0 Å². The maximum Gasteiger partial charge on any atom is 0.222 e. The summed E-state index contributed by atoms with van der Waals surface area (Å²) in [5.41, 5.74) is 5.62. The zero-order valence-electron chi connectivity index (χ0n) is 16.0. The van der Waals surface area contributed by atoms with Gasteiger partial charge in [0.25, 0.3) is 0 Å². The molecule has 0 bridgehead atoms. The van der Waals surface area contributed by atoms with E-state index in [0.29, 0.717) is 12.3 Å². The molecule has 1 amide bonds. The van der Waals surface area contributed by atoms with Crippen molar-refractivity contribution in [2.75, 3.05) is 13.1 Å². The van der Waals surface area contributed by atoms with Gasteiger partial charge in [0.05, 0.1) is 12.3 Å². The van der Waals surface area contributed by atoms with Crippen molar-refractivity contribution >= 4 is 5.91 Å². The zero-order valence-corrected chi connectivity index (χ0v) is 16.0. The van der Waals surface area contributed by atoms with Crippen molar-refractivity contribution in [2.24, 2.45) is 13.0 Å².